The molecule has 0 spiro atoms. The molecular weight excluding hydrogens is 284 g/mol. The number of nitrogen functional groups attached to an aromatic ring is 1. The van der Waals surface area contributed by atoms with Crippen LogP contribution in [0.4, 0.5) is 5.69 Å². The molecule has 21 heavy (non-hydrogen) atoms. The minimum atomic E-state index is 0.694. The summed E-state index contributed by atoms with van der Waals surface area (Å²) in [5, 5.41) is 0.694. The molecule has 2 aromatic heterocycles. The SMILES string of the molecule is CN(C)Cc1c(-c2cccc(N)c2)nc2ccc(Cl)cn12. The van der Waals surface area contributed by atoms with E-state index < -0.39 is 0 Å². The molecule has 0 aliphatic rings. The molecule has 3 aromatic rings. The third kappa shape index (κ3) is 2.73. The van der Waals surface area contributed by atoms with Crippen LogP contribution < -0.4 is 5.73 Å². The molecule has 0 fully saturated rings. The highest BCUT2D eigenvalue weighted by atomic mass is 35.5. The second-order valence-electron chi connectivity index (χ2n) is 5.35. The first kappa shape index (κ1) is 13.9. The summed E-state index contributed by atoms with van der Waals surface area (Å²) in [5.41, 5.74) is 10.6. The summed E-state index contributed by atoms with van der Waals surface area (Å²) in [6, 6.07) is 11.6. The molecule has 2 N–H and O–H groups in total. The molecule has 0 saturated heterocycles. The zero-order valence-corrected chi connectivity index (χ0v) is 12.8. The average molecular weight is 301 g/mol. The fourth-order valence-corrected chi connectivity index (χ4v) is 2.60. The van der Waals surface area contributed by atoms with Crippen LogP contribution in [-0.4, -0.2) is 28.4 Å². The number of pyridine rings is 1. The number of anilines is 1. The molecule has 1 aromatic carbocycles. The first-order valence-corrected chi connectivity index (χ1v) is 7.09. The fraction of sp³-hybridized carbons (Fsp3) is 0.188. The highest BCUT2D eigenvalue weighted by molar-refractivity contribution is 6.30. The van der Waals surface area contributed by atoms with Crippen LogP contribution in [0.15, 0.2) is 42.6 Å². The van der Waals surface area contributed by atoms with Crippen LogP contribution in [0.2, 0.25) is 5.02 Å². The summed E-state index contributed by atoms with van der Waals surface area (Å²) in [6.45, 7) is 0.769. The van der Waals surface area contributed by atoms with Crippen molar-refractivity contribution in [3.05, 3.63) is 53.3 Å². The number of halogens is 1. The van der Waals surface area contributed by atoms with Gasteiger partial charge < -0.3 is 15.0 Å². The number of imidazole rings is 1. The van der Waals surface area contributed by atoms with Gasteiger partial charge in [-0.15, -0.1) is 0 Å². The Kier molecular flexibility index (Phi) is 3.57. The average Bonchev–Trinajstić information content (AvgIpc) is 2.76. The van der Waals surface area contributed by atoms with Crippen LogP contribution in [0.5, 0.6) is 0 Å². The quantitative estimate of drug-likeness (QED) is 0.755. The second kappa shape index (κ2) is 5.39. The van der Waals surface area contributed by atoms with Crippen LogP contribution >= 0.6 is 11.6 Å². The van der Waals surface area contributed by atoms with E-state index in [1.807, 2.05) is 61.1 Å². The standard InChI is InChI=1S/C16H17ClN4/c1-20(2)10-14-16(11-4-3-5-13(18)8-11)19-15-7-6-12(17)9-21(14)15/h3-9H,10,18H2,1-2H3. The Bertz CT molecular complexity index is 792. The second-order valence-corrected chi connectivity index (χ2v) is 5.78. The third-order valence-electron chi connectivity index (χ3n) is 3.31. The van der Waals surface area contributed by atoms with Gasteiger partial charge in [-0.25, -0.2) is 4.98 Å². The van der Waals surface area contributed by atoms with Crippen molar-refractivity contribution in [2.24, 2.45) is 0 Å². The summed E-state index contributed by atoms with van der Waals surface area (Å²) >= 11 is 6.13. The van der Waals surface area contributed by atoms with Crippen LogP contribution in [0, 0.1) is 0 Å². The number of nitrogens with two attached hydrogens (primary N) is 1. The van der Waals surface area contributed by atoms with Crippen LogP contribution in [0.3, 0.4) is 0 Å². The van der Waals surface area contributed by atoms with Crippen molar-refractivity contribution in [3.63, 3.8) is 0 Å². The number of aromatic nitrogens is 2. The number of hydrogen-bond donors (Lipinski definition) is 1. The normalized spacial score (nSPS) is 11.4. The Morgan fingerprint density at radius 2 is 2.05 bits per heavy atom. The van der Waals surface area contributed by atoms with E-state index in [-0.39, 0.29) is 0 Å². The van der Waals surface area contributed by atoms with E-state index >= 15 is 0 Å². The number of fused-ring (bicyclic) bond motifs is 1. The highest BCUT2D eigenvalue weighted by Gasteiger charge is 2.15. The minimum Gasteiger partial charge on any atom is -0.399 e. The van der Waals surface area contributed by atoms with E-state index in [1.165, 1.54) is 0 Å². The number of rotatable bonds is 3. The largest absolute Gasteiger partial charge is 0.399 e. The van der Waals surface area contributed by atoms with Crippen molar-refractivity contribution in [3.8, 4) is 11.3 Å². The monoisotopic (exact) mass is 300 g/mol. The highest BCUT2D eigenvalue weighted by Crippen LogP contribution is 2.27. The molecule has 0 bridgehead atoms. The van der Waals surface area contributed by atoms with Gasteiger partial charge in [0.05, 0.1) is 16.4 Å². The van der Waals surface area contributed by atoms with Crippen LogP contribution in [0.1, 0.15) is 5.69 Å². The molecule has 0 unspecified atom stereocenters. The maximum atomic E-state index is 6.13. The lowest BCUT2D eigenvalue weighted by Crippen LogP contribution is -2.13. The topological polar surface area (TPSA) is 46.6 Å². The van der Waals surface area contributed by atoms with Crippen molar-refractivity contribution >= 4 is 22.9 Å². The van der Waals surface area contributed by atoms with Gasteiger partial charge in [-0.2, -0.15) is 0 Å². The van der Waals surface area contributed by atoms with Gasteiger partial charge in [0, 0.05) is 24.0 Å². The van der Waals surface area contributed by atoms with E-state index in [1.54, 1.807) is 0 Å². The Morgan fingerprint density at radius 3 is 2.76 bits per heavy atom. The predicted molar refractivity (Wildman–Crippen MR) is 87.4 cm³/mol. The van der Waals surface area contributed by atoms with Crippen molar-refractivity contribution in [2.75, 3.05) is 19.8 Å². The summed E-state index contributed by atoms with van der Waals surface area (Å²) < 4.78 is 2.04. The van der Waals surface area contributed by atoms with Gasteiger partial charge in [-0.05, 0) is 38.4 Å². The maximum absolute atomic E-state index is 6.13. The Balaban J connectivity index is 2.25. The lowest BCUT2D eigenvalue weighted by atomic mass is 10.1. The van der Waals surface area contributed by atoms with Gasteiger partial charge in [-0.1, -0.05) is 23.7 Å². The fourth-order valence-electron chi connectivity index (χ4n) is 2.44. The summed E-state index contributed by atoms with van der Waals surface area (Å²) in [7, 11) is 4.07. The Morgan fingerprint density at radius 1 is 1.24 bits per heavy atom. The third-order valence-corrected chi connectivity index (χ3v) is 3.53. The molecule has 0 aliphatic carbocycles. The van der Waals surface area contributed by atoms with Gasteiger partial charge in [0.1, 0.15) is 5.65 Å². The number of benzene rings is 1. The molecule has 5 heteroatoms. The van der Waals surface area contributed by atoms with E-state index in [4.69, 9.17) is 22.3 Å². The molecule has 4 nitrogen and oxygen atoms in total. The van der Waals surface area contributed by atoms with Gasteiger partial charge in [-0.3, -0.25) is 0 Å². The Labute approximate surface area is 128 Å². The first-order chi connectivity index (χ1) is 10.0. The van der Waals surface area contributed by atoms with Gasteiger partial charge in [0.25, 0.3) is 0 Å². The predicted octanol–water partition coefficient (Wildman–Crippen LogP) is 3.30. The lowest BCUT2D eigenvalue weighted by molar-refractivity contribution is 0.396. The number of hydrogen-bond acceptors (Lipinski definition) is 3. The van der Waals surface area contributed by atoms with Crippen molar-refractivity contribution in [2.45, 2.75) is 6.54 Å². The van der Waals surface area contributed by atoms with E-state index in [0.29, 0.717) is 5.02 Å². The van der Waals surface area contributed by atoms with Gasteiger partial charge in [0.2, 0.25) is 0 Å². The summed E-state index contributed by atoms with van der Waals surface area (Å²) in [6.07, 6.45) is 1.90. The molecule has 0 saturated carbocycles. The molecular formula is C16H17ClN4. The van der Waals surface area contributed by atoms with Gasteiger partial charge >= 0.3 is 0 Å². The minimum absolute atomic E-state index is 0.694. The maximum Gasteiger partial charge on any atom is 0.137 e. The van der Waals surface area contributed by atoms with Crippen LogP contribution in [0.25, 0.3) is 16.9 Å². The van der Waals surface area contributed by atoms with E-state index in [9.17, 15) is 0 Å². The first-order valence-electron chi connectivity index (χ1n) is 6.72. The van der Waals surface area contributed by atoms with Crippen molar-refractivity contribution in [1.82, 2.24) is 14.3 Å². The molecule has 0 atom stereocenters. The number of nitrogens with zero attached hydrogens (tertiary/aromatic N) is 3. The summed E-state index contributed by atoms with van der Waals surface area (Å²) in [4.78, 5) is 6.85. The zero-order chi connectivity index (χ0) is 15.0. The van der Waals surface area contributed by atoms with Crippen LogP contribution in [-0.2, 0) is 6.54 Å². The smallest absolute Gasteiger partial charge is 0.137 e. The molecule has 0 radical (unpaired) electrons. The van der Waals surface area contributed by atoms with Gasteiger partial charge in [0.15, 0.2) is 0 Å². The molecule has 108 valence electrons. The molecule has 0 amide bonds. The summed E-state index contributed by atoms with van der Waals surface area (Å²) in [5.74, 6) is 0. The van der Waals surface area contributed by atoms with Crippen molar-refractivity contribution < 1.29 is 0 Å². The molecule has 2 heterocycles. The Hall–Kier alpha value is -2.04. The van der Waals surface area contributed by atoms with E-state index in [0.717, 1.165) is 34.8 Å². The van der Waals surface area contributed by atoms with Crippen molar-refractivity contribution in [1.29, 1.82) is 0 Å². The zero-order valence-electron chi connectivity index (χ0n) is 12.0. The lowest BCUT2D eigenvalue weighted by Gasteiger charge is -2.11. The molecule has 0 aliphatic heterocycles. The molecule has 3 rings (SSSR count). The van der Waals surface area contributed by atoms with E-state index in [2.05, 4.69) is 4.90 Å².